The Morgan fingerprint density at radius 3 is 0.614 bits per heavy atom. The lowest BCUT2D eigenvalue weighted by atomic mass is 10.0. The molecule has 0 fully saturated rings. The second-order valence-corrected chi connectivity index (χ2v) is 20.5. The van der Waals surface area contributed by atoms with Crippen LogP contribution in [0.25, 0.3) is 0 Å². The summed E-state index contributed by atoms with van der Waals surface area (Å²) < 4.78 is 0. The smallest absolute Gasteiger partial charge is 0.188 e. The van der Waals surface area contributed by atoms with Gasteiger partial charge in [-0.3, -0.25) is 0 Å². The second kappa shape index (κ2) is 33.1. The molecule has 44 heavy (non-hydrogen) atoms. The maximum absolute atomic E-state index is 11.8. The van der Waals surface area contributed by atoms with E-state index in [0.717, 1.165) is 17.8 Å². The van der Waals surface area contributed by atoms with E-state index in [1.807, 2.05) is 0 Å². The van der Waals surface area contributed by atoms with Crippen LogP contribution in [0.4, 0.5) is 0 Å². The molecule has 1 N–H and O–H groups in total. The van der Waals surface area contributed by atoms with Gasteiger partial charge in [-0.05, 0) is 35.9 Å². The maximum atomic E-state index is 11.8. The molecule has 0 saturated carbocycles. The van der Waals surface area contributed by atoms with Crippen molar-refractivity contribution in [1.82, 2.24) is 0 Å². The van der Waals surface area contributed by atoms with E-state index >= 15 is 0 Å². The molecule has 0 bridgehead atoms. The molecule has 0 amide bonds. The van der Waals surface area contributed by atoms with Crippen molar-refractivity contribution >= 4 is 8.32 Å². The van der Waals surface area contributed by atoms with Crippen molar-refractivity contribution in [2.24, 2.45) is 17.8 Å². The Labute approximate surface area is 282 Å². The maximum Gasteiger partial charge on any atom is 0.188 e. The largest absolute Gasteiger partial charge is 0.432 e. The highest BCUT2D eigenvalue weighted by atomic mass is 28.4. The summed E-state index contributed by atoms with van der Waals surface area (Å²) in [7, 11) is -2.05. The predicted molar refractivity (Wildman–Crippen MR) is 205 cm³/mol. The summed E-state index contributed by atoms with van der Waals surface area (Å²) in [5.74, 6) is 2.61. The van der Waals surface area contributed by atoms with Crippen LogP contribution in [-0.4, -0.2) is 13.1 Å². The van der Waals surface area contributed by atoms with Crippen LogP contribution < -0.4 is 0 Å². The standard InChI is InChI=1S/C42H88OSi/c1-40(2)34-28-22-16-10-7-13-19-25-31-37-44(43,38-32-26-20-14-8-11-17-23-29-35-41(3)4)39-33-27-21-15-9-12-18-24-30-36-42(5)6/h40-43H,7-39H2,1-6H3. The monoisotopic (exact) mass is 637 g/mol. The molecule has 0 atom stereocenters. The molecule has 0 aliphatic carbocycles. The Hall–Kier alpha value is 0.177. The first-order valence-electron chi connectivity index (χ1n) is 21.0. The molecule has 2 heteroatoms. The Kier molecular flexibility index (Phi) is 33.2. The van der Waals surface area contributed by atoms with Gasteiger partial charge in [0, 0.05) is 0 Å². The minimum absolute atomic E-state index is 0.871. The molecule has 266 valence electrons. The summed E-state index contributed by atoms with van der Waals surface area (Å²) in [5, 5.41) is 0. The third kappa shape index (κ3) is 35.0. The van der Waals surface area contributed by atoms with Crippen LogP contribution in [-0.2, 0) is 0 Å². The number of hydrogen-bond donors (Lipinski definition) is 1. The fourth-order valence-electron chi connectivity index (χ4n) is 7.11. The molecule has 0 aliphatic heterocycles. The SMILES string of the molecule is CC(C)CCCCCCCCCCC[Si](O)(CCCCCCCCCCCC(C)C)CCCCCCCCCCCC(C)C. The van der Waals surface area contributed by atoms with E-state index in [4.69, 9.17) is 0 Å². The van der Waals surface area contributed by atoms with E-state index in [1.54, 1.807) is 0 Å². The number of rotatable bonds is 36. The van der Waals surface area contributed by atoms with Crippen LogP contribution in [0.1, 0.15) is 234 Å². The fraction of sp³-hybridized carbons (Fsp3) is 1.00. The molecule has 0 radical (unpaired) electrons. The Bertz CT molecular complexity index is 468. The van der Waals surface area contributed by atoms with Crippen LogP contribution in [0, 0.1) is 17.8 Å². The molecule has 0 heterocycles. The first-order valence-corrected chi connectivity index (χ1v) is 23.5. The molecular weight excluding hydrogens is 549 g/mol. The molecular formula is C42H88OSi. The predicted octanol–water partition coefficient (Wildman–Crippen LogP) is 15.6. The average molecular weight is 637 g/mol. The van der Waals surface area contributed by atoms with E-state index in [0.29, 0.717) is 0 Å². The second-order valence-electron chi connectivity index (χ2n) is 16.6. The lowest BCUT2D eigenvalue weighted by molar-refractivity contribution is 0.487. The van der Waals surface area contributed by atoms with Gasteiger partial charge in [0.1, 0.15) is 0 Å². The normalized spacial score (nSPS) is 12.4. The lowest BCUT2D eigenvalue weighted by Gasteiger charge is -2.25. The van der Waals surface area contributed by atoms with Crippen LogP contribution in [0.2, 0.25) is 18.1 Å². The van der Waals surface area contributed by atoms with E-state index in [1.165, 1.54) is 211 Å². The molecule has 1 nitrogen and oxygen atoms in total. The topological polar surface area (TPSA) is 20.2 Å². The zero-order valence-corrected chi connectivity index (χ0v) is 33.0. The summed E-state index contributed by atoms with van der Waals surface area (Å²) in [5.41, 5.74) is 0. The van der Waals surface area contributed by atoms with Crippen molar-refractivity contribution in [3.05, 3.63) is 0 Å². The fourth-order valence-corrected chi connectivity index (χ4v) is 10.6. The third-order valence-electron chi connectivity index (χ3n) is 10.3. The van der Waals surface area contributed by atoms with Gasteiger partial charge >= 0.3 is 0 Å². The van der Waals surface area contributed by atoms with Crippen molar-refractivity contribution in [3.8, 4) is 0 Å². The Morgan fingerprint density at radius 2 is 0.432 bits per heavy atom. The van der Waals surface area contributed by atoms with E-state index in [-0.39, 0.29) is 0 Å². The van der Waals surface area contributed by atoms with E-state index in [2.05, 4.69) is 41.5 Å². The molecule has 0 saturated heterocycles. The quantitative estimate of drug-likeness (QED) is 0.0536. The summed E-state index contributed by atoms with van der Waals surface area (Å²) in [4.78, 5) is 11.8. The van der Waals surface area contributed by atoms with Crippen molar-refractivity contribution < 1.29 is 4.80 Å². The molecule has 0 aliphatic rings. The summed E-state index contributed by atoms with van der Waals surface area (Å²) >= 11 is 0. The van der Waals surface area contributed by atoms with Gasteiger partial charge in [0.2, 0.25) is 0 Å². The number of unbranched alkanes of at least 4 members (excludes halogenated alkanes) is 24. The lowest BCUT2D eigenvalue weighted by Crippen LogP contribution is -2.34. The molecule has 0 aromatic rings. The van der Waals surface area contributed by atoms with E-state index in [9.17, 15) is 4.80 Å². The van der Waals surface area contributed by atoms with Crippen LogP contribution in [0.15, 0.2) is 0 Å². The molecule has 0 unspecified atom stereocenters. The van der Waals surface area contributed by atoms with Crippen molar-refractivity contribution in [2.45, 2.75) is 252 Å². The van der Waals surface area contributed by atoms with Crippen molar-refractivity contribution in [2.75, 3.05) is 0 Å². The van der Waals surface area contributed by atoms with Gasteiger partial charge in [-0.15, -0.1) is 0 Å². The summed E-state index contributed by atoms with van der Waals surface area (Å²) in [6.45, 7) is 14.1. The highest BCUT2D eigenvalue weighted by Gasteiger charge is 2.29. The molecule has 0 aromatic heterocycles. The van der Waals surface area contributed by atoms with Gasteiger partial charge in [0.05, 0.1) is 0 Å². The third-order valence-corrected chi connectivity index (χ3v) is 14.1. The zero-order valence-electron chi connectivity index (χ0n) is 32.0. The van der Waals surface area contributed by atoms with Gasteiger partial charge in [0.15, 0.2) is 8.32 Å². The zero-order chi connectivity index (χ0) is 32.6. The van der Waals surface area contributed by atoms with E-state index < -0.39 is 8.32 Å². The van der Waals surface area contributed by atoms with Crippen molar-refractivity contribution in [3.63, 3.8) is 0 Å². The van der Waals surface area contributed by atoms with Gasteiger partial charge in [0.25, 0.3) is 0 Å². The average Bonchev–Trinajstić information content (AvgIpc) is 2.97. The van der Waals surface area contributed by atoms with Gasteiger partial charge in [-0.1, -0.05) is 234 Å². The van der Waals surface area contributed by atoms with Crippen molar-refractivity contribution in [1.29, 1.82) is 0 Å². The minimum Gasteiger partial charge on any atom is -0.432 e. The Balaban J connectivity index is 4.10. The molecule has 0 spiro atoms. The van der Waals surface area contributed by atoms with Crippen LogP contribution in [0.3, 0.4) is 0 Å². The first-order chi connectivity index (χ1) is 21.2. The van der Waals surface area contributed by atoms with Gasteiger partial charge < -0.3 is 4.80 Å². The first kappa shape index (κ1) is 44.2. The highest BCUT2D eigenvalue weighted by Crippen LogP contribution is 2.28. The number of hydrogen-bond acceptors (Lipinski definition) is 1. The van der Waals surface area contributed by atoms with Crippen LogP contribution in [0.5, 0.6) is 0 Å². The van der Waals surface area contributed by atoms with Crippen LogP contribution >= 0.6 is 0 Å². The van der Waals surface area contributed by atoms with Gasteiger partial charge in [-0.25, -0.2) is 0 Å². The molecule has 0 rings (SSSR count). The highest BCUT2D eigenvalue weighted by molar-refractivity contribution is 6.72. The Morgan fingerprint density at radius 1 is 0.273 bits per heavy atom. The summed E-state index contributed by atoms with van der Waals surface area (Å²) in [6.07, 6.45) is 42.1. The van der Waals surface area contributed by atoms with Gasteiger partial charge in [-0.2, -0.15) is 0 Å². The molecule has 0 aromatic carbocycles. The minimum atomic E-state index is -2.05. The summed E-state index contributed by atoms with van der Waals surface area (Å²) in [6, 6.07) is 3.57.